The Hall–Kier alpha value is -2.96. The normalized spacial score (nSPS) is 12.3. The highest BCUT2D eigenvalue weighted by molar-refractivity contribution is 5.96. The van der Waals surface area contributed by atoms with E-state index in [1.54, 1.807) is 18.7 Å². The third kappa shape index (κ3) is 2.93. The number of aryl methyl sites for hydroxylation is 2. The van der Waals surface area contributed by atoms with E-state index in [1.165, 1.54) is 10.9 Å². The first-order valence-electron chi connectivity index (χ1n) is 8.15. The number of hydrogen-bond donors (Lipinski definition) is 0. The molecule has 1 aromatic carbocycles. The maximum absolute atomic E-state index is 13.0. The van der Waals surface area contributed by atoms with Crippen LogP contribution in [-0.2, 0) is 4.79 Å². The number of hydrogen-bond acceptors (Lipinski definition) is 5. The average Bonchev–Trinajstić information content (AvgIpc) is 2.97. The molecule has 0 N–H and O–H groups in total. The monoisotopic (exact) mass is 340 g/mol. The standard InChI is InChI=1S/C18H20N4O3/c1-5-21(14-8-6-7-11(2)9-14)17(23)13(4)22-10-19-16-15(18(22)24)12(3)20-25-16/h6-10,13H,5H2,1-4H3. The molecule has 2 heterocycles. The highest BCUT2D eigenvalue weighted by Crippen LogP contribution is 2.20. The number of carbonyl (C=O) groups is 1. The average molecular weight is 340 g/mol. The number of amides is 1. The number of benzene rings is 1. The Morgan fingerprint density at radius 1 is 1.36 bits per heavy atom. The van der Waals surface area contributed by atoms with Gasteiger partial charge in [-0.15, -0.1) is 0 Å². The van der Waals surface area contributed by atoms with Gasteiger partial charge < -0.3 is 9.42 Å². The second kappa shape index (κ2) is 6.51. The molecule has 0 aliphatic carbocycles. The maximum Gasteiger partial charge on any atom is 0.267 e. The van der Waals surface area contributed by atoms with Crippen LogP contribution in [0.15, 0.2) is 39.9 Å². The minimum Gasteiger partial charge on any atom is -0.335 e. The maximum atomic E-state index is 13.0. The largest absolute Gasteiger partial charge is 0.335 e. The SMILES string of the molecule is CCN(C(=O)C(C)n1cnc2onc(C)c2c1=O)c1cccc(C)c1. The molecule has 0 aliphatic rings. The highest BCUT2D eigenvalue weighted by atomic mass is 16.5. The quantitative estimate of drug-likeness (QED) is 0.729. The lowest BCUT2D eigenvalue weighted by molar-refractivity contribution is -0.121. The van der Waals surface area contributed by atoms with Crippen molar-refractivity contribution in [1.82, 2.24) is 14.7 Å². The molecule has 1 atom stereocenters. The Bertz CT molecular complexity index is 989. The van der Waals surface area contributed by atoms with Crippen molar-refractivity contribution < 1.29 is 9.32 Å². The van der Waals surface area contributed by atoms with Crippen LogP contribution in [-0.4, -0.2) is 27.2 Å². The van der Waals surface area contributed by atoms with E-state index in [-0.39, 0.29) is 17.2 Å². The number of rotatable bonds is 4. The van der Waals surface area contributed by atoms with Gasteiger partial charge in [0.05, 0.1) is 5.69 Å². The van der Waals surface area contributed by atoms with Gasteiger partial charge in [-0.05, 0) is 45.4 Å². The second-order valence-corrected chi connectivity index (χ2v) is 6.00. The number of carbonyl (C=O) groups excluding carboxylic acids is 1. The van der Waals surface area contributed by atoms with Crippen LogP contribution in [0.1, 0.15) is 31.1 Å². The smallest absolute Gasteiger partial charge is 0.267 e. The van der Waals surface area contributed by atoms with Crippen LogP contribution >= 0.6 is 0 Å². The summed E-state index contributed by atoms with van der Waals surface area (Å²) in [5, 5.41) is 4.07. The molecular formula is C18H20N4O3. The Balaban J connectivity index is 2.00. The van der Waals surface area contributed by atoms with E-state index in [0.29, 0.717) is 17.6 Å². The van der Waals surface area contributed by atoms with Gasteiger partial charge in [-0.2, -0.15) is 0 Å². The van der Waals surface area contributed by atoms with Crippen LogP contribution in [0.25, 0.3) is 11.1 Å². The third-order valence-corrected chi connectivity index (χ3v) is 4.26. The third-order valence-electron chi connectivity index (χ3n) is 4.26. The number of anilines is 1. The molecule has 0 saturated heterocycles. The summed E-state index contributed by atoms with van der Waals surface area (Å²) in [7, 11) is 0. The fourth-order valence-corrected chi connectivity index (χ4v) is 2.87. The summed E-state index contributed by atoms with van der Waals surface area (Å²) in [4.78, 5) is 31.5. The molecule has 1 amide bonds. The van der Waals surface area contributed by atoms with E-state index < -0.39 is 6.04 Å². The molecule has 0 saturated carbocycles. The van der Waals surface area contributed by atoms with Crippen molar-refractivity contribution in [2.75, 3.05) is 11.4 Å². The molecule has 0 radical (unpaired) electrons. The predicted octanol–water partition coefficient (Wildman–Crippen LogP) is 2.62. The van der Waals surface area contributed by atoms with Gasteiger partial charge in [0.1, 0.15) is 17.8 Å². The lowest BCUT2D eigenvalue weighted by atomic mass is 10.2. The molecule has 130 valence electrons. The van der Waals surface area contributed by atoms with Crippen molar-refractivity contribution in [3.63, 3.8) is 0 Å². The molecule has 3 rings (SSSR count). The van der Waals surface area contributed by atoms with Gasteiger partial charge in [0, 0.05) is 12.2 Å². The minimum atomic E-state index is -0.695. The molecule has 0 spiro atoms. The van der Waals surface area contributed by atoms with Crippen LogP contribution < -0.4 is 10.5 Å². The van der Waals surface area contributed by atoms with E-state index in [9.17, 15) is 9.59 Å². The zero-order chi connectivity index (χ0) is 18.1. The molecule has 7 heteroatoms. The predicted molar refractivity (Wildman–Crippen MR) is 94.7 cm³/mol. The van der Waals surface area contributed by atoms with Crippen LogP contribution in [0.3, 0.4) is 0 Å². The number of likely N-dealkylation sites (N-methyl/N-ethyl adjacent to an activating group) is 1. The van der Waals surface area contributed by atoms with Gasteiger partial charge in [0.25, 0.3) is 11.3 Å². The van der Waals surface area contributed by atoms with Gasteiger partial charge in [0.15, 0.2) is 0 Å². The first kappa shape index (κ1) is 16.9. The summed E-state index contributed by atoms with van der Waals surface area (Å²) in [5.41, 5.74) is 2.20. The summed E-state index contributed by atoms with van der Waals surface area (Å²) in [6, 6.07) is 7.02. The molecule has 3 aromatic rings. The van der Waals surface area contributed by atoms with Crippen molar-refractivity contribution in [2.45, 2.75) is 33.7 Å². The van der Waals surface area contributed by atoms with Gasteiger partial charge in [-0.25, -0.2) is 4.98 Å². The molecule has 0 bridgehead atoms. The van der Waals surface area contributed by atoms with Crippen LogP contribution in [0.5, 0.6) is 0 Å². The lowest BCUT2D eigenvalue weighted by Gasteiger charge is -2.25. The van der Waals surface area contributed by atoms with Gasteiger partial charge in [-0.1, -0.05) is 17.3 Å². The summed E-state index contributed by atoms with van der Waals surface area (Å²) in [6.45, 7) is 7.75. The van der Waals surface area contributed by atoms with Crippen molar-refractivity contribution >= 4 is 22.7 Å². The first-order chi connectivity index (χ1) is 11.9. The van der Waals surface area contributed by atoms with E-state index in [0.717, 1.165) is 11.3 Å². The van der Waals surface area contributed by atoms with Gasteiger partial charge >= 0.3 is 0 Å². The highest BCUT2D eigenvalue weighted by Gasteiger charge is 2.25. The van der Waals surface area contributed by atoms with Crippen molar-refractivity contribution in [2.24, 2.45) is 0 Å². The van der Waals surface area contributed by atoms with Gasteiger partial charge in [-0.3, -0.25) is 14.2 Å². The number of fused-ring (bicyclic) bond motifs is 1. The van der Waals surface area contributed by atoms with Crippen LogP contribution in [0, 0.1) is 13.8 Å². The molecule has 25 heavy (non-hydrogen) atoms. The van der Waals surface area contributed by atoms with Crippen molar-refractivity contribution in [3.8, 4) is 0 Å². The van der Waals surface area contributed by atoms with E-state index in [2.05, 4.69) is 10.1 Å². The van der Waals surface area contributed by atoms with Crippen LogP contribution in [0.2, 0.25) is 0 Å². The number of nitrogens with zero attached hydrogens (tertiary/aromatic N) is 4. The zero-order valence-corrected chi connectivity index (χ0v) is 14.7. The molecule has 0 fully saturated rings. The molecular weight excluding hydrogens is 320 g/mol. The first-order valence-corrected chi connectivity index (χ1v) is 8.15. The number of aromatic nitrogens is 3. The summed E-state index contributed by atoms with van der Waals surface area (Å²) in [6.07, 6.45) is 1.34. The molecule has 7 nitrogen and oxygen atoms in total. The summed E-state index contributed by atoms with van der Waals surface area (Å²) < 4.78 is 6.33. The topological polar surface area (TPSA) is 81.2 Å². The van der Waals surface area contributed by atoms with E-state index in [4.69, 9.17) is 4.52 Å². The van der Waals surface area contributed by atoms with Crippen molar-refractivity contribution in [1.29, 1.82) is 0 Å². The van der Waals surface area contributed by atoms with Gasteiger partial charge in [0.2, 0.25) is 5.91 Å². The summed E-state index contributed by atoms with van der Waals surface area (Å²) >= 11 is 0. The molecule has 1 unspecified atom stereocenters. The second-order valence-electron chi connectivity index (χ2n) is 6.00. The zero-order valence-electron chi connectivity index (χ0n) is 14.7. The lowest BCUT2D eigenvalue weighted by Crippen LogP contribution is -2.39. The van der Waals surface area contributed by atoms with Crippen molar-refractivity contribution in [3.05, 3.63) is 52.2 Å². The molecule has 0 aliphatic heterocycles. The Morgan fingerprint density at radius 3 is 2.80 bits per heavy atom. The minimum absolute atomic E-state index is 0.176. The summed E-state index contributed by atoms with van der Waals surface area (Å²) in [5.74, 6) is -0.176. The Kier molecular flexibility index (Phi) is 4.39. The fourth-order valence-electron chi connectivity index (χ4n) is 2.87. The van der Waals surface area contributed by atoms with Crippen LogP contribution in [0.4, 0.5) is 5.69 Å². The Labute approximate surface area is 144 Å². The molecule has 2 aromatic heterocycles. The fraction of sp³-hybridized carbons (Fsp3) is 0.333. The van der Waals surface area contributed by atoms with E-state index in [1.807, 2.05) is 38.1 Å². The van der Waals surface area contributed by atoms with E-state index >= 15 is 0 Å². The Morgan fingerprint density at radius 2 is 2.12 bits per heavy atom.